The highest BCUT2D eigenvalue weighted by Gasteiger charge is 2.07. The fraction of sp³-hybridized carbons (Fsp3) is 0.500. The third-order valence-electron chi connectivity index (χ3n) is 2.89. The minimum Gasteiger partial charge on any atom is -0.481 e. The van der Waals surface area contributed by atoms with Crippen molar-refractivity contribution in [2.75, 3.05) is 6.54 Å². The van der Waals surface area contributed by atoms with Crippen LogP contribution >= 0.6 is 11.6 Å². The maximum absolute atomic E-state index is 10.3. The number of aliphatic carboxylic acids is 1. The maximum Gasteiger partial charge on any atom is 0.303 e. The van der Waals surface area contributed by atoms with E-state index in [1.54, 1.807) is 0 Å². The third kappa shape index (κ3) is 5.52. The number of carboxylic acid groups (broad SMARTS) is 1. The molecule has 1 aromatic carbocycles. The molecule has 18 heavy (non-hydrogen) atoms. The Balaban J connectivity index is 2.20. The van der Waals surface area contributed by atoms with Gasteiger partial charge in [-0.15, -0.1) is 0 Å². The Morgan fingerprint density at radius 1 is 1.33 bits per heavy atom. The van der Waals surface area contributed by atoms with Crippen LogP contribution in [0.2, 0.25) is 5.02 Å². The quantitative estimate of drug-likeness (QED) is 0.709. The molecule has 0 saturated carbocycles. The summed E-state index contributed by atoms with van der Waals surface area (Å²) in [6.07, 6.45) is 2.94. The van der Waals surface area contributed by atoms with E-state index >= 15 is 0 Å². The number of benzene rings is 1. The van der Waals surface area contributed by atoms with Gasteiger partial charge in [0, 0.05) is 17.5 Å². The molecule has 0 bridgehead atoms. The van der Waals surface area contributed by atoms with Gasteiger partial charge in [-0.25, -0.2) is 0 Å². The van der Waals surface area contributed by atoms with Gasteiger partial charge in [-0.1, -0.05) is 36.2 Å². The SMILES string of the molecule is CC(NCCCCCC(=O)O)c1ccccc1Cl. The summed E-state index contributed by atoms with van der Waals surface area (Å²) < 4.78 is 0. The van der Waals surface area contributed by atoms with Crippen LogP contribution in [-0.4, -0.2) is 17.6 Å². The van der Waals surface area contributed by atoms with Gasteiger partial charge in [-0.2, -0.15) is 0 Å². The van der Waals surface area contributed by atoms with Crippen molar-refractivity contribution in [1.29, 1.82) is 0 Å². The van der Waals surface area contributed by atoms with Gasteiger partial charge in [0.15, 0.2) is 0 Å². The number of hydrogen-bond acceptors (Lipinski definition) is 2. The van der Waals surface area contributed by atoms with Crippen molar-refractivity contribution in [2.45, 2.75) is 38.6 Å². The molecule has 0 saturated heterocycles. The van der Waals surface area contributed by atoms with E-state index in [-0.39, 0.29) is 12.5 Å². The first kappa shape index (κ1) is 15.0. The summed E-state index contributed by atoms with van der Waals surface area (Å²) in [6.45, 7) is 2.96. The molecule has 0 aliphatic carbocycles. The molecule has 0 radical (unpaired) electrons. The van der Waals surface area contributed by atoms with Crippen LogP contribution in [0.4, 0.5) is 0 Å². The highest BCUT2D eigenvalue weighted by Crippen LogP contribution is 2.21. The van der Waals surface area contributed by atoms with Crippen molar-refractivity contribution in [3.63, 3.8) is 0 Å². The average molecular weight is 270 g/mol. The molecule has 4 heteroatoms. The number of rotatable bonds is 8. The number of halogens is 1. The standard InChI is InChI=1S/C14H20ClNO2/c1-11(12-7-4-5-8-13(12)15)16-10-6-2-3-9-14(17)18/h4-5,7-8,11,16H,2-3,6,9-10H2,1H3,(H,17,18). The fourth-order valence-corrected chi connectivity index (χ4v) is 2.13. The number of unbranched alkanes of at least 4 members (excludes halogenated alkanes) is 2. The molecule has 0 amide bonds. The van der Waals surface area contributed by atoms with Gasteiger partial charge in [-0.05, 0) is 37.9 Å². The van der Waals surface area contributed by atoms with E-state index in [4.69, 9.17) is 16.7 Å². The lowest BCUT2D eigenvalue weighted by molar-refractivity contribution is -0.137. The molecular weight excluding hydrogens is 250 g/mol. The molecule has 2 N–H and O–H groups in total. The number of carboxylic acids is 1. The van der Waals surface area contributed by atoms with Crippen molar-refractivity contribution >= 4 is 17.6 Å². The van der Waals surface area contributed by atoms with Crippen molar-refractivity contribution in [3.05, 3.63) is 34.9 Å². The second-order valence-electron chi connectivity index (χ2n) is 4.40. The zero-order valence-corrected chi connectivity index (χ0v) is 11.4. The molecule has 100 valence electrons. The summed E-state index contributed by atoms with van der Waals surface area (Å²) in [4.78, 5) is 10.3. The zero-order chi connectivity index (χ0) is 13.4. The number of nitrogens with one attached hydrogen (secondary N) is 1. The van der Waals surface area contributed by atoms with Gasteiger partial charge < -0.3 is 10.4 Å². The Hall–Kier alpha value is -1.06. The maximum atomic E-state index is 10.3. The van der Waals surface area contributed by atoms with Crippen LogP contribution in [0.5, 0.6) is 0 Å². The first-order valence-corrected chi connectivity index (χ1v) is 6.68. The minimum absolute atomic E-state index is 0.221. The molecule has 1 atom stereocenters. The predicted octanol–water partition coefficient (Wildman–Crippen LogP) is 3.64. The normalized spacial score (nSPS) is 12.3. The van der Waals surface area contributed by atoms with Crippen LogP contribution < -0.4 is 5.32 Å². The van der Waals surface area contributed by atoms with Crippen LogP contribution in [0.25, 0.3) is 0 Å². The average Bonchev–Trinajstić information content (AvgIpc) is 2.33. The van der Waals surface area contributed by atoms with E-state index < -0.39 is 5.97 Å². The van der Waals surface area contributed by atoms with Gasteiger partial charge in [0.1, 0.15) is 0 Å². The zero-order valence-electron chi connectivity index (χ0n) is 10.7. The molecule has 0 heterocycles. The van der Waals surface area contributed by atoms with Crippen LogP contribution in [0.3, 0.4) is 0 Å². The fourth-order valence-electron chi connectivity index (χ4n) is 1.83. The summed E-state index contributed by atoms with van der Waals surface area (Å²) in [7, 11) is 0. The molecule has 3 nitrogen and oxygen atoms in total. The van der Waals surface area contributed by atoms with E-state index in [2.05, 4.69) is 12.2 Å². The Kier molecular flexibility index (Phi) is 6.76. The van der Waals surface area contributed by atoms with E-state index in [1.807, 2.05) is 24.3 Å². The van der Waals surface area contributed by atoms with E-state index in [0.717, 1.165) is 36.4 Å². The van der Waals surface area contributed by atoms with Gasteiger partial charge in [0.25, 0.3) is 0 Å². The van der Waals surface area contributed by atoms with E-state index in [0.29, 0.717) is 0 Å². The third-order valence-corrected chi connectivity index (χ3v) is 3.23. The van der Waals surface area contributed by atoms with Gasteiger partial charge >= 0.3 is 5.97 Å². The Labute approximate surface area is 113 Å². The predicted molar refractivity (Wildman–Crippen MR) is 74.0 cm³/mol. The molecule has 0 aromatic heterocycles. The Bertz CT molecular complexity index is 382. The van der Waals surface area contributed by atoms with Gasteiger partial charge in [0.2, 0.25) is 0 Å². The second-order valence-corrected chi connectivity index (χ2v) is 4.81. The minimum atomic E-state index is -0.715. The number of carbonyl (C=O) groups is 1. The molecule has 1 unspecified atom stereocenters. The summed E-state index contributed by atoms with van der Waals surface area (Å²) in [5.74, 6) is -0.715. The van der Waals surface area contributed by atoms with Crippen LogP contribution in [-0.2, 0) is 4.79 Å². The summed E-state index contributed by atoms with van der Waals surface area (Å²) in [5, 5.41) is 12.7. The molecule has 0 aliphatic rings. The van der Waals surface area contributed by atoms with Gasteiger partial charge in [-0.3, -0.25) is 4.79 Å². The second kappa shape index (κ2) is 8.11. The molecule has 1 rings (SSSR count). The first-order chi connectivity index (χ1) is 8.61. The smallest absolute Gasteiger partial charge is 0.303 e. The molecule has 1 aromatic rings. The lowest BCUT2D eigenvalue weighted by Crippen LogP contribution is -2.20. The van der Waals surface area contributed by atoms with Crippen molar-refractivity contribution in [1.82, 2.24) is 5.32 Å². The summed E-state index contributed by atoms with van der Waals surface area (Å²) >= 11 is 6.11. The van der Waals surface area contributed by atoms with Crippen molar-refractivity contribution in [3.8, 4) is 0 Å². The topological polar surface area (TPSA) is 49.3 Å². The summed E-state index contributed by atoms with van der Waals surface area (Å²) in [6, 6.07) is 8.03. The molecule has 0 aliphatic heterocycles. The first-order valence-electron chi connectivity index (χ1n) is 6.31. The molecular formula is C14H20ClNO2. The molecule has 0 spiro atoms. The van der Waals surface area contributed by atoms with E-state index in [9.17, 15) is 4.79 Å². The van der Waals surface area contributed by atoms with E-state index in [1.165, 1.54) is 0 Å². The highest BCUT2D eigenvalue weighted by molar-refractivity contribution is 6.31. The lowest BCUT2D eigenvalue weighted by atomic mass is 10.1. The Morgan fingerprint density at radius 3 is 2.72 bits per heavy atom. The van der Waals surface area contributed by atoms with Crippen LogP contribution in [0.1, 0.15) is 44.2 Å². The van der Waals surface area contributed by atoms with Crippen molar-refractivity contribution < 1.29 is 9.90 Å². The molecule has 0 fully saturated rings. The Morgan fingerprint density at radius 2 is 2.06 bits per heavy atom. The van der Waals surface area contributed by atoms with Crippen LogP contribution in [0, 0.1) is 0 Å². The number of hydrogen-bond donors (Lipinski definition) is 2. The lowest BCUT2D eigenvalue weighted by Gasteiger charge is -2.15. The van der Waals surface area contributed by atoms with Crippen molar-refractivity contribution in [2.24, 2.45) is 0 Å². The van der Waals surface area contributed by atoms with Crippen LogP contribution in [0.15, 0.2) is 24.3 Å². The highest BCUT2D eigenvalue weighted by atomic mass is 35.5. The monoisotopic (exact) mass is 269 g/mol. The largest absolute Gasteiger partial charge is 0.481 e. The summed E-state index contributed by atoms with van der Waals surface area (Å²) in [5.41, 5.74) is 1.10. The van der Waals surface area contributed by atoms with Gasteiger partial charge in [0.05, 0.1) is 0 Å².